The molecule has 1 fully saturated rings. The van der Waals surface area contributed by atoms with E-state index in [9.17, 15) is 14.9 Å². The number of fused-ring (bicyclic) bond motifs is 1. The summed E-state index contributed by atoms with van der Waals surface area (Å²) >= 11 is 1.51. The average molecular weight is 463 g/mol. The number of rotatable bonds is 6. The quantitative estimate of drug-likeness (QED) is 0.623. The van der Waals surface area contributed by atoms with Crippen molar-refractivity contribution in [1.29, 1.82) is 5.26 Å². The number of urea groups is 1. The molecule has 0 aromatic heterocycles. The molecule has 2 aliphatic rings. The molecule has 178 valence electrons. The highest BCUT2D eigenvalue weighted by Gasteiger charge is 2.40. The standard InChI is InChI=1S/C23H38N6O2S/c1-6-9-29(23(31)26-8-10-27(3)4)22(30)18-13-17-12-16(2)19(14-24)21(25)32-11-7-20(17)28(5)15-18/h17-18,20H,2,6-13,15,25H2,1,3-5H3,(H,26,31)/b21-19-/t17-,18+,20+/m0/s1. The summed E-state index contributed by atoms with van der Waals surface area (Å²) in [5.74, 6) is 0.630. The zero-order chi connectivity index (χ0) is 23.8. The van der Waals surface area contributed by atoms with Crippen LogP contribution < -0.4 is 11.1 Å². The minimum atomic E-state index is -0.318. The van der Waals surface area contributed by atoms with Gasteiger partial charge in [0.15, 0.2) is 0 Å². The van der Waals surface area contributed by atoms with Crippen molar-refractivity contribution in [2.75, 3.05) is 53.1 Å². The number of hydrogen-bond donors (Lipinski definition) is 2. The van der Waals surface area contributed by atoms with Gasteiger partial charge in [-0.15, -0.1) is 11.8 Å². The number of likely N-dealkylation sites (N-methyl/N-ethyl adjacent to an activating group) is 1. The van der Waals surface area contributed by atoms with Crippen LogP contribution in [-0.4, -0.2) is 85.8 Å². The first kappa shape index (κ1) is 26.2. The number of thioether (sulfide) groups is 1. The summed E-state index contributed by atoms with van der Waals surface area (Å²) in [5.41, 5.74) is 7.33. The number of hydrogen-bond acceptors (Lipinski definition) is 7. The first-order valence-electron chi connectivity index (χ1n) is 11.3. The summed E-state index contributed by atoms with van der Waals surface area (Å²) < 4.78 is 0. The molecule has 0 spiro atoms. The van der Waals surface area contributed by atoms with Crippen LogP contribution in [0.15, 0.2) is 22.8 Å². The van der Waals surface area contributed by atoms with Gasteiger partial charge in [-0.05, 0) is 58.3 Å². The van der Waals surface area contributed by atoms with E-state index in [-0.39, 0.29) is 23.8 Å². The number of nitrogens with two attached hydrogens (primary N) is 1. The molecular weight excluding hydrogens is 424 g/mol. The van der Waals surface area contributed by atoms with Crippen molar-refractivity contribution in [3.8, 4) is 6.07 Å². The van der Waals surface area contributed by atoms with Crippen molar-refractivity contribution in [3.05, 3.63) is 22.8 Å². The van der Waals surface area contributed by atoms with Gasteiger partial charge in [-0.25, -0.2) is 4.79 Å². The Hall–Kier alpha value is -2.02. The Morgan fingerprint density at radius 1 is 1.38 bits per heavy atom. The topological polar surface area (TPSA) is 106 Å². The van der Waals surface area contributed by atoms with Crippen molar-refractivity contribution in [3.63, 3.8) is 0 Å². The average Bonchev–Trinajstić information content (AvgIpc) is 2.78. The van der Waals surface area contributed by atoms with Crippen LogP contribution in [-0.2, 0) is 4.79 Å². The molecule has 1 saturated heterocycles. The van der Waals surface area contributed by atoms with Crippen LogP contribution in [0.1, 0.15) is 32.6 Å². The van der Waals surface area contributed by atoms with Gasteiger partial charge in [0.25, 0.3) is 0 Å². The molecule has 32 heavy (non-hydrogen) atoms. The van der Waals surface area contributed by atoms with Crippen molar-refractivity contribution >= 4 is 23.7 Å². The summed E-state index contributed by atoms with van der Waals surface area (Å²) in [6, 6.07) is 2.18. The Morgan fingerprint density at radius 2 is 2.09 bits per heavy atom. The molecule has 0 radical (unpaired) electrons. The van der Waals surface area contributed by atoms with Crippen molar-refractivity contribution in [1.82, 2.24) is 20.0 Å². The van der Waals surface area contributed by atoms with Crippen LogP contribution in [0.5, 0.6) is 0 Å². The van der Waals surface area contributed by atoms with Crippen molar-refractivity contribution < 1.29 is 9.59 Å². The summed E-state index contributed by atoms with van der Waals surface area (Å²) in [7, 11) is 5.94. The van der Waals surface area contributed by atoms with Crippen molar-refractivity contribution in [2.45, 2.75) is 38.6 Å². The lowest BCUT2D eigenvalue weighted by molar-refractivity contribution is -0.135. The highest BCUT2D eigenvalue weighted by atomic mass is 32.2. The first-order valence-corrected chi connectivity index (χ1v) is 12.3. The lowest BCUT2D eigenvalue weighted by Gasteiger charge is -2.43. The number of imide groups is 1. The number of nitrogens with zero attached hydrogens (tertiary/aromatic N) is 4. The summed E-state index contributed by atoms with van der Waals surface area (Å²) in [6.45, 7) is 8.34. The van der Waals surface area contributed by atoms with Crippen LogP contribution in [0, 0.1) is 23.2 Å². The molecule has 0 aromatic carbocycles. The Kier molecular flexibility index (Phi) is 10.1. The predicted octanol–water partition coefficient (Wildman–Crippen LogP) is 2.21. The van der Waals surface area contributed by atoms with Gasteiger partial charge in [0, 0.05) is 38.0 Å². The van der Waals surface area contributed by atoms with Gasteiger partial charge in [0.2, 0.25) is 5.91 Å². The lowest BCUT2D eigenvalue weighted by atomic mass is 9.77. The Labute approximate surface area is 196 Å². The van der Waals surface area contributed by atoms with E-state index in [0.717, 1.165) is 17.7 Å². The predicted molar refractivity (Wildman–Crippen MR) is 130 cm³/mol. The SMILES string of the molecule is C=C1C[C@H]2C[C@@H](C(=O)N(CCC)C(=O)NCCN(C)C)CN(C)[C@@H]2CCS/C(N)=C\1C#N. The van der Waals surface area contributed by atoms with Crippen LogP contribution in [0.4, 0.5) is 4.79 Å². The third-order valence-electron chi connectivity index (χ3n) is 6.24. The zero-order valence-corrected chi connectivity index (χ0v) is 20.7. The Balaban J connectivity index is 2.16. The van der Waals surface area contributed by atoms with Gasteiger partial charge in [-0.1, -0.05) is 13.5 Å². The van der Waals surface area contributed by atoms with Crippen LogP contribution in [0.25, 0.3) is 0 Å². The summed E-state index contributed by atoms with van der Waals surface area (Å²) in [5, 5.41) is 13.0. The van der Waals surface area contributed by atoms with E-state index in [1.165, 1.54) is 16.7 Å². The minimum absolute atomic E-state index is 0.116. The maximum Gasteiger partial charge on any atom is 0.324 e. The lowest BCUT2D eigenvalue weighted by Crippen LogP contribution is -2.54. The number of nitriles is 1. The van der Waals surface area contributed by atoms with E-state index in [2.05, 4.69) is 22.9 Å². The van der Waals surface area contributed by atoms with Gasteiger partial charge >= 0.3 is 6.03 Å². The second kappa shape index (κ2) is 12.3. The first-order chi connectivity index (χ1) is 15.2. The van der Waals surface area contributed by atoms with Gasteiger partial charge < -0.3 is 20.9 Å². The van der Waals surface area contributed by atoms with E-state index in [1.54, 1.807) is 0 Å². The molecule has 2 aliphatic heterocycles. The molecule has 0 aromatic rings. The Bertz CT molecular complexity index is 775. The zero-order valence-electron chi connectivity index (χ0n) is 19.9. The van der Waals surface area contributed by atoms with E-state index in [0.29, 0.717) is 62.1 Å². The number of amides is 3. The van der Waals surface area contributed by atoms with Crippen LogP contribution in [0.3, 0.4) is 0 Å². The third kappa shape index (κ3) is 6.74. The molecule has 3 N–H and O–H groups in total. The van der Waals surface area contributed by atoms with E-state index < -0.39 is 0 Å². The molecule has 3 atom stereocenters. The Morgan fingerprint density at radius 3 is 2.72 bits per heavy atom. The minimum Gasteiger partial charge on any atom is -0.392 e. The van der Waals surface area contributed by atoms with E-state index in [1.807, 2.05) is 33.0 Å². The molecule has 0 aliphatic carbocycles. The highest BCUT2D eigenvalue weighted by molar-refractivity contribution is 8.03. The fraction of sp³-hybridized carbons (Fsp3) is 0.696. The second-order valence-corrected chi connectivity index (χ2v) is 10.2. The smallest absolute Gasteiger partial charge is 0.324 e. The van der Waals surface area contributed by atoms with Gasteiger partial charge in [0.05, 0.1) is 16.5 Å². The summed E-state index contributed by atoms with van der Waals surface area (Å²) in [6.07, 6.45) is 2.96. The normalized spacial score (nSPS) is 27.0. The number of allylic oxidation sites excluding steroid dienone is 2. The number of carbonyl (C=O) groups is 2. The van der Waals surface area contributed by atoms with Gasteiger partial charge in [0.1, 0.15) is 6.07 Å². The maximum atomic E-state index is 13.4. The number of nitrogens with one attached hydrogen (secondary N) is 1. The van der Waals surface area contributed by atoms with Crippen LogP contribution >= 0.6 is 11.8 Å². The molecule has 3 amide bonds. The molecule has 9 heteroatoms. The van der Waals surface area contributed by atoms with Gasteiger partial charge in [-0.3, -0.25) is 9.69 Å². The number of carbonyl (C=O) groups excluding carboxylic acids is 2. The molecule has 8 nitrogen and oxygen atoms in total. The molecule has 0 bridgehead atoms. The molecule has 2 heterocycles. The second-order valence-electron chi connectivity index (χ2n) is 9.02. The highest BCUT2D eigenvalue weighted by Crippen LogP contribution is 2.38. The monoisotopic (exact) mass is 462 g/mol. The van der Waals surface area contributed by atoms with E-state index >= 15 is 0 Å². The largest absolute Gasteiger partial charge is 0.392 e. The third-order valence-corrected chi connectivity index (χ3v) is 7.20. The molecule has 0 unspecified atom stereocenters. The number of likely N-dealkylation sites (tertiary alicyclic amines) is 1. The fourth-order valence-corrected chi connectivity index (χ4v) is 5.53. The fourth-order valence-electron chi connectivity index (χ4n) is 4.62. The van der Waals surface area contributed by atoms with Crippen molar-refractivity contribution in [2.24, 2.45) is 17.6 Å². The molecule has 2 rings (SSSR count). The molecular formula is C23H38N6O2S. The van der Waals surface area contributed by atoms with E-state index in [4.69, 9.17) is 5.73 Å². The summed E-state index contributed by atoms with van der Waals surface area (Å²) in [4.78, 5) is 31.8. The van der Waals surface area contributed by atoms with Crippen LogP contribution in [0.2, 0.25) is 0 Å². The number of piperidine rings is 1. The molecule has 0 saturated carbocycles. The maximum absolute atomic E-state index is 13.4. The van der Waals surface area contributed by atoms with Gasteiger partial charge in [-0.2, -0.15) is 5.26 Å².